The maximum atomic E-state index is 13.3. The third kappa shape index (κ3) is 5.78. The van der Waals surface area contributed by atoms with Crippen molar-refractivity contribution in [2.45, 2.75) is 43.9 Å². The Balaban J connectivity index is 1.48. The average Bonchev–Trinajstić information content (AvgIpc) is 3.35. The van der Waals surface area contributed by atoms with Gasteiger partial charge in [0.2, 0.25) is 0 Å². The van der Waals surface area contributed by atoms with E-state index in [1.165, 1.54) is 35.9 Å². The fraction of sp³-hybridized carbons (Fsp3) is 0.538. The van der Waals surface area contributed by atoms with Crippen LogP contribution in [0.4, 0.5) is 26.3 Å². The lowest BCUT2D eigenvalue weighted by Gasteiger charge is -2.52. The monoisotopic (exact) mass is 577 g/mol. The Morgan fingerprint density at radius 2 is 1.68 bits per heavy atom. The van der Waals surface area contributed by atoms with Crippen molar-refractivity contribution < 1.29 is 50.1 Å². The van der Waals surface area contributed by atoms with E-state index in [9.17, 15) is 35.9 Å². The Morgan fingerprint density at radius 1 is 1.00 bits per heavy atom. The molecule has 1 spiro atoms. The van der Waals surface area contributed by atoms with E-state index in [2.05, 4.69) is 9.64 Å². The number of carbonyl (C=O) groups excluding carboxylic acids is 2. The van der Waals surface area contributed by atoms with Crippen molar-refractivity contribution in [3.8, 4) is 11.5 Å². The van der Waals surface area contributed by atoms with Gasteiger partial charge in [-0.25, -0.2) is 0 Å². The predicted molar refractivity (Wildman–Crippen MR) is 129 cm³/mol. The molecule has 220 valence electrons. The molecule has 2 aliphatic rings. The molecule has 1 amide bonds. The van der Waals surface area contributed by atoms with E-state index < -0.39 is 30.5 Å². The first-order valence-electron chi connectivity index (χ1n) is 12.5. The molecule has 0 radical (unpaired) electrons. The number of rotatable bonds is 7. The van der Waals surface area contributed by atoms with Gasteiger partial charge in [0.25, 0.3) is 11.7 Å². The highest BCUT2D eigenvalue weighted by Crippen LogP contribution is 2.45. The van der Waals surface area contributed by atoms with E-state index in [1.54, 1.807) is 17.9 Å². The standard InChI is InChI=1S/C26H29F6N3O5/c1-16-15-33(2)24(21-7-5-18(35(16)21)22(36)25(27,28)29)8-10-34(11-9-24)23(37)17-4-6-19(20(14-17)38-3)39-12-13-40-26(30,31)32/h4-7,14,16H,8-13,15H2,1-3H3. The maximum Gasteiger partial charge on any atom is 0.522 e. The number of hydrogen-bond donors (Lipinski definition) is 0. The maximum absolute atomic E-state index is 13.3. The van der Waals surface area contributed by atoms with Gasteiger partial charge in [0.05, 0.1) is 24.9 Å². The van der Waals surface area contributed by atoms with Crippen molar-refractivity contribution in [1.82, 2.24) is 14.4 Å². The number of piperidine rings is 1. The summed E-state index contributed by atoms with van der Waals surface area (Å²) >= 11 is 0. The van der Waals surface area contributed by atoms with Gasteiger partial charge in [0, 0.05) is 36.9 Å². The van der Waals surface area contributed by atoms with Gasteiger partial charge in [-0.3, -0.25) is 19.2 Å². The molecular weight excluding hydrogens is 548 g/mol. The zero-order chi connectivity index (χ0) is 29.5. The lowest BCUT2D eigenvalue weighted by molar-refractivity contribution is -0.325. The van der Waals surface area contributed by atoms with E-state index in [-0.39, 0.29) is 41.3 Å². The molecule has 1 aromatic heterocycles. The van der Waals surface area contributed by atoms with Crippen LogP contribution < -0.4 is 9.47 Å². The molecule has 0 saturated carbocycles. The molecule has 0 bridgehead atoms. The lowest BCUT2D eigenvalue weighted by atomic mass is 9.80. The average molecular weight is 578 g/mol. The van der Waals surface area contributed by atoms with E-state index in [0.29, 0.717) is 38.2 Å². The Labute approximate surface area is 226 Å². The van der Waals surface area contributed by atoms with E-state index in [1.807, 2.05) is 7.05 Å². The summed E-state index contributed by atoms with van der Waals surface area (Å²) in [5.41, 5.74) is -0.147. The number of benzene rings is 1. The molecule has 0 aliphatic carbocycles. The van der Waals surface area contributed by atoms with Crippen LogP contribution in [0.1, 0.15) is 52.3 Å². The molecule has 4 rings (SSSR count). The highest BCUT2D eigenvalue weighted by molar-refractivity contribution is 5.99. The number of ether oxygens (including phenoxy) is 3. The second-order valence-electron chi connectivity index (χ2n) is 9.86. The van der Waals surface area contributed by atoms with Gasteiger partial charge >= 0.3 is 12.5 Å². The summed E-state index contributed by atoms with van der Waals surface area (Å²) in [6.07, 6.45) is -8.89. The van der Waals surface area contributed by atoms with Crippen molar-refractivity contribution >= 4 is 11.7 Å². The SMILES string of the molecule is COc1cc(C(=O)N2CCC3(CC2)c2ccc(C(=O)C(F)(F)F)n2C(C)CN3C)ccc1OCCOC(F)(F)F. The third-order valence-corrected chi connectivity index (χ3v) is 7.49. The Morgan fingerprint density at radius 3 is 2.27 bits per heavy atom. The summed E-state index contributed by atoms with van der Waals surface area (Å²) in [6, 6.07) is 6.78. The number of amides is 1. The summed E-state index contributed by atoms with van der Waals surface area (Å²) in [5.74, 6) is -1.89. The van der Waals surface area contributed by atoms with Crippen LogP contribution >= 0.6 is 0 Å². The summed E-state index contributed by atoms with van der Waals surface area (Å²) in [5, 5.41) is 0. The number of Topliss-reactive ketones (excluding diaryl/α,β-unsaturated/α-hetero) is 1. The first kappa shape index (κ1) is 29.7. The number of ketones is 1. The van der Waals surface area contributed by atoms with Gasteiger partial charge in [0.1, 0.15) is 6.61 Å². The van der Waals surface area contributed by atoms with E-state index >= 15 is 0 Å². The van der Waals surface area contributed by atoms with E-state index in [4.69, 9.17) is 9.47 Å². The summed E-state index contributed by atoms with van der Waals surface area (Å²) < 4.78 is 91.9. The zero-order valence-electron chi connectivity index (χ0n) is 22.1. The van der Waals surface area contributed by atoms with Crippen LogP contribution in [0.5, 0.6) is 11.5 Å². The van der Waals surface area contributed by atoms with Crippen LogP contribution in [0.2, 0.25) is 0 Å². The van der Waals surface area contributed by atoms with E-state index in [0.717, 1.165) is 0 Å². The molecule has 2 aliphatic heterocycles. The van der Waals surface area contributed by atoms with Crippen molar-refractivity contribution in [3.63, 3.8) is 0 Å². The molecule has 0 N–H and O–H groups in total. The number of likely N-dealkylation sites (N-methyl/N-ethyl adjacent to an activating group) is 1. The number of likely N-dealkylation sites (tertiary alicyclic amines) is 1. The number of hydrogen-bond acceptors (Lipinski definition) is 6. The quantitative estimate of drug-likeness (QED) is 0.268. The molecule has 40 heavy (non-hydrogen) atoms. The van der Waals surface area contributed by atoms with Gasteiger partial charge in [-0.1, -0.05) is 0 Å². The zero-order valence-corrected chi connectivity index (χ0v) is 22.1. The Hall–Kier alpha value is -3.26. The topological polar surface area (TPSA) is 73.2 Å². The normalized spacial score (nSPS) is 19.4. The molecule has 1 aromatic carbocycles. The Bertz CT molecular complexity index is 1250. The highest BCUT2D eigenvalue weighted by atomic mass is 19.4. The number of nitrogens with zero attached hydrogens (tertiary/aromatic N) is 3. The minimum absolute atomic E-state index is 0.144. The lowest BCUT2D eigenvalue weighted by Crippen LogP contribution is -2.57. The van der Waals surface area contributed by atoms with Crippen molar-refractivity contribution in [2.75, 3.05) is 47.0 Å². The number of fused-ring (bicyclic) bond motifs is 2. The molecule has 1 atom stereocenters. The van der Waals surface area contributed by atoms with Crippen molar-refractivity contribution in [1.29, 1.82) is 0 Å². The van der Waals surface area contributed by atoms with Crippen LogP contribution in [-0.4, -0.2) is 85.6 Å². The van der Waals surface area contributed by atoms with Crippen LogP contribution in [-0.2, 0) is 10.3 Å². The summed E-state index contributed by atoms with van der Waals surface area (Å²) in [6.45, 7) is 1.71. The van der Waals surface area contributed by atoms with Crippen LogP contribution in [0.3, 0.4) is 0 Å². The van der Waals surface area contributed by atoms with Gasteiger partial charge in [-0.2, -0.15) is 13.2 Å². The number of aromatic nitrogens is 1. The second kappa shape index (κ2) is 11.0. The molecule has 8 nitrogen and oxygen atoms in total. The minimum Gasteiger partial charge on any atom is -0.493 e. The Kier molecular flexibility index (Phi) is 8.14. The fourth-order valence-electron chi connectivity index (χ4n) is 5.61. The van der Waals surface area contributed by atoms with Crippen molar-refractivity contribution in [3.05, 3.63) is 47.3 Å². The third-order valence-electron chi connectivity index (χ3n) is 7.49. The van der Waals surface area contributed by atoms with Gasteiger partial charge < -0.3 is 18.9 Å². The summed E-state index contributed by atoms with van der Waals surface area (Å²) in [7, 11) is 3.22. The molecule has 3 heterocycles. The highest BCUT2D eigenvalue weighted by Gasteiger charge is 2.49. The van der Waals surface area contributed by atoms with Gasteiger partial charge in [0.15, 0.2) is 11.5 Å². The number of alkyl halides is 6. The van der Waals surface area contributed by atoms with Gasteiger partial charge in [-0.15, -0.1) is 13.2 Å². The summed E-state index contributed by atoms with van der Waals surface area (Å²) in [4.78, 5) is 29.1. The fourth-order valence-corrected chi connectivity index (χ4v) is 5.61. The molecule has 1 fully saturated rings. The van der Waals surface area contributed by atoms with Crippen LogP contribution in [0.25, 0.3) is 0 Å². The predicted octanol–water partition coefficient (Wildman–Crippen LogP) is 4.79. The second-order valence-corrected chi connectivity index (χ2v) is 9.86. The smallest absolute Gasteiger partial charge is 0.493 e. The molecular formula is C26H29F6N3O5. The molecule has 1 saturated heterocycles. The number of carbonyl (C=O) groups is 2. The first-order valence-corrected chi connectivity index (χ1v) is 12.5. The molecule has 14 heteroatoms. The minimum atomic E-state index is -4.99. The largest absolute Gasteiger partial charge is 0.522 e. The molecule has 2 aromatic rings. The van der Waals surface area contributed by atoms with Gasteiger partial charge in [-0.05, 0) is 57.1 Å². The number of halogens is 6. The molecule has 1 unspecified atom stereocenters. The van der Waals surface area contributed by atoms with Crippen LogP contribution in [0.15, 0.2) is 30.3 Å². The van der Waals surface area contributed by atoms with Crippen LogP contribution in [0, 0.1) is 0 Å². The first-order chi connectivity index (χ1) is 18.7. The van der Waals surface area contributed by atoms with Crippen molar-refractivity contribution in [2.24, 2.45) is 0 Å². The number of methoxy groups -OCH3 is 1.